The minimum Gasteiger partial charge on any atom is -0.351 e. The summed E-state index contributed by atoms with van der Waals surface area (Å²) in [6.45, 7) is 14.3. The fraction of sp³-hybridized carbons (Fsp3) is 0.800. The molecule has 98 valence electrons. The molecule has 0 spiro atoms. The molecule has 2 heteroatoms. The highest BCUT2D eigenvalue weighted by atomic mass is 16.2. The van der Waals surface area contributed by atoms with Crippen molar-refractivity contribution in [2.45, 2.75) is 59.4 Å². The van der Waals surface area contributed by atoms with Crippen LogP contribution in [0, 0.1) is 17.3 Å². The second-order valence-corrected chi connectivity index (χ2v) is 7.01. The van der Waals surface area contributed by atoms with Gasteiger partial charge in [0.15, 0.2) is 0 Å². The lowest BCUT2D eigenvalue weighted by Gasteiger charge is -2.40. The van der Waals surface area contributed by atoms with Crippen molar-refractivity contribution in [1.82, 2.24) is 5.32 Å². The first-order chi connectivity index (χ1) is 7.66. The van der Waals surface area contributed by atoms with E-state index in [1.54, 1.807) is 0 Å². The predicted octanol–water partition coefficient (Wildman–Crippen LogP) is 3.53. The van der Waals surface area contributed by atoms with Crippen molar-refractivity contribution < 1.29 is 4.79 Å². The van der Waals surface area contributed by atoms with Crippen LogP contribution >= 0.6 is 0 Å². The average molecular weight is 237 g/mol. The standard InChI is InChI=1S/C15H27NO/c1-7-12-8-11(2)9-15(6,10-12)13(17)16-14(3,4)5/h7,11-12H,1,8-10H2,2-6H3,(H,16,17). The van der Waals surface area contributed by atoms with Gasteiger partial charge in [-0.25, -0.2) is 0 Å². The highest BCUT2D eigenvalue weighted by Gasteiger charge is 2.41. The van der Waals surface area contributed by atoms with Crippen molar-refractivity contribution >= 4 is 5.91 Å². The smallest absolute Gasteiger partial charge is 0.226 e. The molecule has 3 unspecified atom stereocenters. The van der Waals surface area contributed by atoms with E-state index in [2.05, 4.69) is 25.7 Å². The third kappa shape index (κ3) is 3.86. The van der Waals surface area contributed by atoms with Crippen LogP contribution in [0.1, 0.15) is 53.9 Å². The monoisotopic (exact) mass is 237 g/mol. The topological polar surface area (TPSA) is 29.1 Å². The van der Waals surface area contributed by atoms with Gasteiger partial charge in [0.1, 0.15) is 0 Å². The van der Waals surface area contributed by atoms with E-state index in [-0.39, 0.29) is 16.9 Å². The van der Waals surface area contributed by atoms with E-state index < -0.39 is 0 Å². The summed E-state index contributed by atoms with van der Waals surface area (Å²) in [4.78, 5) is 12.4. The molecule has 1 saturated carbocycles. The Morgan fingerprint density at radius 1 is 1.41 bits per heavy atom. The molecule has 1 aliphatic rings. The van der Waals surface area contributed by atoms with E-state index in [0.29, 0.717) is 11.8 Å². The normalized spacial score (nSPS) is 34.2. The molecule has 0 heterocycles. The van der Waals surface area contributed by atoms with E-state index >= 15 is 0 Å². The number of rotatable bonds is 2. The lowest BCUT2D eigenvalue weighted by Crippen LogP contribution is -2.50. The Bertz CT molecular complexity index is 303. The molecule has 1 N–H and O–H groups in total. The third-order valence-corrected chi connectivity index (χ3v) is 3.59. The largest absolute Gasteiger partial charge is 0.351 e. The van der Waals surface area contributed by atoms with E-state index in [4.69, 9.17) is 0 Å². The summed E-state index contributed by atoms with van der Waals surface area (Å²) in [7, 11) is 0. The number of amides is 1. The zero-order chi connectivity index (χ0) is 13.3. The molecular formula is C15H27NO. The van der Waals surface area contributed by atoms with Crippen molar-refractivity contribution in [3.05, 3.63) is 12.7 Å². The Labute approximate surface area is 106 Å². The van der Waals surface area contributed by atoms with Crippen LogP contribution < -0.4 is 5.32 Å². The first-order valence-corrected chi connectivity index (χ1v) is 6.61. The number of hydrogen-bond acceptors (Lipinski definition) is 1. The maximum absolute atomic E-state index is 12.4. The molecule has 0 radical (unpaired) electrons. The SMILES string of the molecule is C=CC1CC(C)CC(C)(C(=O)NC(C)(C)C)C1. The van der Waals surface area contributed by atoms with Crippen LogP contribution in [0.25, 0.3) is 0 Å². The molecule has 1 aliphatic carbocycles. The first-order valence-electron chi connectivity index (χ1n) is 6.61. The molecule has 1 amide bonds. The van der Waals surface area contributed by atoms with E-state index in [9.17, 15) is 4.79 Å². The highest BCUT2D eigenvalue weighted by molar-refractivity contribution is 5.83. The third-order valence-electron chi connectivity index (χ3n) is 3.59. The van der Waals surface area contributed by atoms with Crippen LogP contribution in [0.4, 0.5) is 0 Å². The molecule has 1 rings (SSSR count). The lowest BCUT2D eigenvalue weighted by molar-refractivity contribution is -0.135. The minimum atomic E-state index is -0.232. The van der Waals surface area contributed by atoms with Gasteiger partial charge in [0.2, 0.25) is 5.91 Å². The first kappa shape index (κ1) is 14.3. The molecule has 0 aliphatic heterocycles. The Balaban J connectivity index is 2.78. The van der Waals surface area contributed by atoms with Gasteiger partial charge in [-0.05, 0) is 51.9 Å². The van der Waals surface area contributed by atoms with Crippen LogP contribution in [-0.4, -0.2) is 11.4 Å². The number of nitrogens with one attached hydrogen (secondary N) is 1. The Hall–Kier alpha value is -0.790. The van der Waals surface area contributed by atoms with Crippen molar-refractivity contribution in [3.63, 3.8) is 0 Å². The fourth-order valence-corrected chi connectivity index (χ4v) is 2.97. The summed E-state index contributed by atoms with van der Waals surface area (Å²) >= 11 is 0. The van der Waals surface area contributed by atoms with Crippen molar-refractivity contribution in [1.29, 1.82) is 0 Å². The quantitative estimate of drug-likeness (QED) is 0.731. The predicted molar refractivity (Wildman–Crippen MR) is 72.7 cm³/mol. The van der Waals surface area contributed by atoms with Crippen LogP contribution in [0.15, 0.2) is 12.7 Å². The Morgan fingerprint density at radius 2 is 2.00 bits per heavy atom. The molecular weight excluding hydrogens is 210 g/mol. The molecule has 0 aromatic heterocycles. The fourth-order valence-electron chi connectivity index (χ4n) is 2.97. The molecule has 0 bridgehead atoms. The van der Waals surface area contributed by atoms with Gasteiger partial charge in [-0.2, -0.15) is 0 Å². The van der Waals surface area contributed by atoms with E-state index in [0.717, 1.165) is 12.8 Å². The molecule has 2 nitrogen and oxygen atoms in total. The number of carbonyl (C=O) groups excluding carboxylic acids is 1. The zero-order valence-corrected chi connectivity index (χ0v) is 12.0. The van der Waals surface area contributed by atoms with E-state index in [1.165, 1.54) is 6.42 Å². The van der Waals surface area contributed by atoms with Crippen molar-refractivity contribution in [2.24, 2.45) is 17.3 Å². The maximum atomic E-state index is 12.4. The van der Waals surface area contributed by atoms with Crippen LogP contribution in [0.2, 0.25) is 0 Å². The van der Waals surface area contributed by atoms with Crippen LogP contribution in [-0.2, 0) is 4.79 Å². The molecule has 1 fully saturated rings. The number of allylic oxidation sites excluding steroid dienone is 1. The summed E-state index contributed by atoms with van der Waals surface area (Å²) in [5.41, 5.74) is -0.381. The van der Waals surface area contributed by atoms with Crippen molar-refractivity contribution in [3.8, 4) is 0 Å². The average Bonchev–Trinajstić information content (AvgIpc) is 2.13. The summed E-state index contributed by atoms with van der Waals surface area (Å²) in [6.07, 6.45) is 5.10. The van der Waals surface area contributed by atoms with Crippen LogP contribution in [0.3, 0.4) is 0 Å². The summed E-state index contributed by atoms with van der Waals surface area (Å²) < 4.78 is 0. The molecule has 0 aromatic carbocycles. The summed E-state index contributed by atoms with van der Waals surface area (Å²) in [6, 6.07) is 0. The van der Waals surface area contributed by atoms with E-state index in [1.807, 2.05) is 26.8 Å². The molecule has 0 saturated heterocycles. The van der Waals surface area contributed by atoms with Crippen molar-refractivity contribution in [2.75, 3.05) is 0 Å². The zero-order valence-electron chi connectivity index (χ0n) is 12.0. The summed E-state index contributed by atoms with van der Waals surface area (Å²) in [5.74, 6) is 1.28. The molecule has 3 atom stereocenters. The Kier molecular flexibility index (Phi) is 4.06. The number of carbonyl (C=O) groups is 1. The molecule has 17 heavy (non-hydrogen) atoms. The van der Waals surface area contributed by atoms with Gasteiger partial charge in [0, 0.05) is 11.0 Å². The molecule has 0 aromatic rings. The van der Waals surface area contributed by atoms with Gasteiger partial charge in [-0.15, -0.1) is 6.58 Å². The summed E-state index contributed by atoms with van der Waals surface area (Å²) in [5, 5.41) is 3.12. The maximum Gasteiger partial charge on any atom is 0.226 e. The minimum absolute atomic E-state index is 0.148. The van der Waals surface area contributed by atoms with Gasteiger partial charge in [0.05, 0.1) is 0 Å². The van der Waals surface area contributed by atoms with Gasteiger partial charge in [-0.1, -0.05) is 19.9 Å². The van der Waals surface area contributed by atoms with Gasteiger partial charge < -0.3 is 5.32 Å². The Morgan fingerprint density at radius 3 is 2.47 bits per heavy atom. The number of hydrogen-bond donors (Lipinski definition) is 1. The van der Waals surface area contributed by atoms with Gasteiger partial charge in [-0.3, -0.25) is 4.79 Å². The van der Waals surface area contributed by atoms with Gasteiger partial charge >= 0.3 is 0 Å². The lowest BCUT2D eigenvalue weighted by atomic mass is 9.66. The highest BCUT2D eigenvalue weighted by Crippen LogP contribution is 2.42. The second kappa shape index (κ2) is 4.83. The second-order valence-electron chi connectivity index (χ2n) is 7.01. The van der Waals surface area contributed by atoms with Gasteiger partial charge in [0.25, 0.3) is 0 Å². The van der Waals surface area contributed by atoms with Crippen LogP contribution in [0.5, 0.6) is 0 Å².